The van der Waals surface area contributed by atoms with Crippen LogP contribution in [0.4, 0.5) is 10.1 Å². The molecule has 1 atom stereocenters. The summed E-state index contributed by atoms with van der Waals surface area (Å²) in [6, 6.07) is 16.8. The maximum atomic E-state index is 14.6. The van der Waals surface area contributed by atoms with Crippen molar-refractivity contribution in [2.45, 2.75) is 45.2 Å². The molecule has 0 aliphatic heterocycles. The summed E-state index contributed by atoms with van der Waals surface area (Å²) >= 11 is 5.98. The van der Waals surface area contributed by atoms with Crippen LogP contribution in [-0.4, -0.2) is 50.9 Å². The molecule has 0 aromatic heterocycles. The predicted octanol–water partition coefficient (Wildman–Crippen LogP) is 5.26. The van der Waals surface area contributed by atoms with Crippen molar-refractivity contribution < 1.29 is 27.1 Å². The molecule has 8 nitrogen and oxygen atoms in total. The van der Waals surface area contributed by atoms with Crippen LogP contribution in [-0.2, 0) is 26.2 Å². The molecule has 0 fully saturated rings. The Labute approximate surface area is 246 Å². The highest BCUT2D eigenvalue weighted by Gasteiger charge is 2.33. The van der Waals surface area contributed by atoms with Crippen molar-refractivity contribution in [2.24, 2.45) is 5.92 Å². The second kappa shape index (κ2) is 14.3. The van der Waals surface area contributed by atoms with E-state index in [-0.39, 0.29) is 28.6 Å². The normalized spacial score (nSPS) is 12.1. The minimum Gasteiger partial charge on any atom is -0.494 e. The first kappa shape index (κ1) is 31.9. The third-order valence-corrected chi connectivity index (χ3v) is 8.31. The zero-order valence-corrected chi connectivity index (χ0v) is 25.1. The van der Waals surface area contributed by atoms with E-state index in [2.05, 4.69) is 5.32 Å². The van der Waals surface area contributed by atoms with E-state index in [0.29, 0.717) is 23.9 Å². The van der Waals surface area contributed by atoms with Crippen LogP contribution in [0.25, 0.3) is 0 Å². The van der Waals surface area contributed by atoms with Gasteiger partial charge in [-0.3, -0.25) is 13.9 Å². The van der Waals surface area contributed by atoms with Crippen molar-refractivity contribution in [3.8, 4) is 5.75 Å². The molecular formula is C30H35ClFN3O5S. The number of rotatable bonds is 13. The zero-order valence-electron chi connectivity index (χ0n) is 23.5. The van der Waals surface area contributed by atoms with Crippen LogP contribution in [0, 0.1) is 11.7 Å². The Kier molecular flexibility index (Phi) is 11.1. The largest absolute Gasteiger partial charge is 0.494 e. The van der Waals surface area contributed by atoms with Crippen molar-refractivity contribution in [1.29, 1.82) is 0 Å². The van der Waals surface area contributed by atoms with Gasteiger partial charge >= 0.3 is 0 Å². The van der Waals surface area contributed by atoms with Crippen LogP contribution in [0.1, 0.15) is 33.3 Å². The Bertz CT molecular complexity index is 1430. The fraction of sp³-hybridized carbons (Fsp3) is 0.333. The highest BCUT2D eigenvalue weighted by Crippen LogP contribution is 2.27. The topological polar surface area (TPSA) is 96.0 Å². The summed E-state index contributed by atoms with van der Waals surface area (Å²) in [5.74, 6) is -0.967. The van der Waals surface area contributed by atoms with Gasteiger partial charge in [0, 0.05) is 23.7 Å². The number of nitrogens with zero attached hydrogens (tertiary/aromatic N) is 2. The summed E-state index contributed by atoms with van der Waals surface area (Å²) in [6.45, 7) is 7.15. The highest BCUT2D eigenvalue weighted by molar-refractivity contribution is 7.92. The van der Waals surface area contributed by atoms with E-state index in [0.717, 1.165) is 4.31 Å². The van der Waals surface area contributed by atoms with Gasteiger partial charge in [-0.2, -0.15) is 0 Å². The number of sulfonamides is 1. The quantitative estimate of drug-likeness (QED) is 0.287. The molecule has 2 amide bonds. The van der Waals surface area contributed by atoms with Gasteiger partial charge in [-0.15, -0.1) is 0 Å². The van der Waals surface area contributed by atoms with Crippen LogP contribution >= 0.6 is 11.6 Å². The summed E-state index contributed by atoms with van der Waals surface area (Å²) in [5, 5.41) is 3.15. The Hall–Kier alpha value is -3.63. The summed E-state index contributed by atoms with van der Waals surface area (Å²) in [7, 11) is -4.26. The molecule has 0 spiro atoms. The molecule has 0 saturated heterocycles. The number of amides is 2. The van der Waals surface area contributed by atoms with Gasteiger partial charge in [0.25, 0.3) is 10.0 Å². The van der Waals surface area contributed by atoms with Crippen molar-refractivity contribution in [2.75, 3.05) is 24.0 Å². The first-order valence-electron chi connectivity index (χ1n) is 13.3. The van der Waals surface area contributed by atoms with Gasteiger partial charge in [-0.1, -0.05) is 43.6 Å². The van der Waals surface area contributed by atoms with Gasteiger partial charge in [0.2, 0.25) is 11.8 Å². The van der Waals surface area contributed by atoms with Crippen LogP contribution in [0.2, 0.25) is 5.02 Å². The monoisotopic (exact) mass is 603 g/mol. The molecule has 0 heterocycles. The maximum Gasteiger partial charge on any atom is 0.264 e. The minimum absolute atomic E-state index is 0.0769. The molecule has 11 heteroatoms. The standard InChI is InChI=1S/C30H35ClFN3O5S/c1-5-40-26-14-12-25(13-15-26)35(41(38,39)27-16-10-24(31)11-17-27)20-29(36)34(19-23-8-6-7-9-28(23)32)22(4)30(37)33-18-21(2)3/h6-17,21-22H,5,18-20H2,1-4H3,(H,33,37)/t22-/m0/s1. The van der Waals surface area contributed by atoms with Crippen molar-refractivity contribution in [3.05, 3.63) is 89.2 Å². The molecule has 0 unspecified atom stereocenters. The summed E-state index contributed by atoms with van der Waals surface area (Å²) in [4.78, 5) is 28.0. The van der Waals surface area contributed by atoms with Crippen LogP contribution < -0.4 is 14.4 Å². The van der Waals surface area contributed by atoms with E-state index in [1.807, 2.05) is 20.8 Å². The zero-order chi connectivity index (χ0) is 30.2. The lowest BCUT2D eigenvalue weighted by Gasteiger charge is -2.32. The molecule has 0 radical (unpaired) electrons. The molecule has 1 N–H and O–H groups in total. The van der Waals surface area contributed by atoms with Crippen LogP contribution in [0.5, 0.6) is 5.75 Å². The number of anilines is 1. The molecule has 220 valence electrons. The predicted molar refractivity (Wildman–Crippen MR) is 158 cm³/mol. The second-order valence-electron chi connectivity index (χ2n) is 9.82. The first-order valence-corrected chi connectivity index (χ1v) is 15.1. The van der Waals surface area contributed by atoms with Crippen molar-refractivity contribution in [3.63, 3.8) is 0 Å². The van der Waals surface area contributed by atoms with E-state index < -0.39 is 40.2 Å². The third kappa shape index (κ3) is 8.43. The Balaban J connectivity index is 2.03. The van der Waals surface area contributed by atoms with Gasteiger partial charge < -0.3 is 15.0 Å². The fourth-order valence-corrected chi connectivity index (χ4v) is 5.52. The van der Waals surface area contributed by atoms with E-state index >= 15 is 0 Å². The lowest BCUT2D eigenvalue weighted by molar-refractivity contribution is -0.139. The third-order valence-electron chi connectivity index (χ3n) is 6.27. The van der Waals surface area contributed by atoms with Gasteiger partial charge in [0.15, 0.2) is 0 Å². The SMILES string of the molecule is CCOc1ccc(N(CC(=O)N(Cc2ccccc2F)[C@@H](C)C(=O)NCC(C)C)S(=O)(=O)c2ccc(Cl)cc2)cc1. The molecule has 3 rings (SSSR count). The number of carbonyl (C=O) groups excluding carboxylic acids is 2. The lowest BCUT2D eigenvalue weighted by Crippen LogP contribution is -2.51. The maximum absolute atomic E-state index is 14.6. The summed E-state index contributed by atoms with van der Waals surface area (Å²) < 4.78 is 48.8. The number of carbonyl (C=O) groups is 2. The van der Waals surface area contributed by atoms with Gasteiger partial charge in [0.05, 0.1) is 17.2 Å². The van der Waals surface area contributed by atoms with E-state index in [1.165, 1.54) is 66.4 Å². The van der Waals surface area contributed by atoms with E-state index in [9.17, 15) is 22.4 Å². The molecular weight excluding hydrogens is 569 g/mol. The van der Waals surface area contributed by atoms with Gasteiger partial charge in [-0.05, 0) is 74.4 Å². The summed E-state index contributed by atoms with van der Waals surface area (Å²) in [6.07, 6.45) is 0. The Morgan fingerprint density at radius 2 is 1.61 bits per heavy atom. The van der Waals surface area contributed by atoms with E-state index in [4.69, 9.17) is 16.3 Å². The molecule has 3 aromatic carbocycles. The van der Waals surface area contributed by atoms with Crippen LogP contribution in [0.3, 0.4) is 0 Å². The van der Waals surface area contributed by atoms with Gasteiger partial charge in [0.1, 0.15) is 24.2 Å². The minimum atomic E-state index is -4.26. The highest BCUT2D eigenvalue weighted by atomic mass is 35.5. The Morgan fingerprint density at radius 1 is 0.976 bits per heavy atom. The number of benzene rings is 3. The Morgan fingerprint density at radius 3 is 2.20 bits per heavy atom. The van der Waals surface area contributed by atoms with Crippen molar-refractivity contribution in [1.82, 2.24) is 10.2 Å². The molecule has 0 saturated carbocycles. The molecule has 0 aliphatic carbocycles. The number of halogens is 2. The average molecular weight is 604 g/mol. The van der Waals surface area contributed by atoms with Crippen LogP contribution in [0.15, 0.2) is 77.7 Å². The average Bonchev–Trinajstić information content (AvgIpc) is 2.94. The second-order valence-corrected chi connectivity index (χ2v) is 12.1. The fourth-order valence-electron chi connectivity index (χ4n) is 3.98. The first-order chi connectivity index (χ1) is 19.4. The number of ether oxygens (including phenoxy) is 1. The smallest absolute Gasteiger partial charge is 0.264 e. The number of hydrogen-bond acceptors (Lipinski definition) is 5. The summed E-state index contributed by atoms with van der Waals surface area (Å²) in [5.41, 5.74) is 0.400. The van der Waals surface area contributed by atoms with Gasteiger partial charge in [-0.25, -0.2) is 12.8 Å². The van der Waals surface area contributed by atoms with E-state index in [1.54, 1.807) is 18.2 Å². The number of nitrogens with one attached hydrogen (secondary N) is 1. The molecule has 41 heavy (non-hydrogen) atoms. The molecule has 3 aromatic rings. The molecule has 0 aliphatic rings. The lowest BCUT2D eigenvalue weighted by atomic mass is 10.1. The number of hydrogen-bond donors (Lipinski definition) is 1. The van der Waals surface area contributed by atoms with Crippen molar-refractivity contribution >= 4 is 39.1 Å². The molecule has 0 bridgehead atoms.